The first-order valence-corrected chi connectivity index (χ1v) is 14.5. The van der Waals surface area contributed by atoms with Crippen molar-refractivity contribution in [3.63, 3.8) is 0 Å². The van der Waals surface area contributed by atoms with Crippen molar-refractivity contribution in [3.05, 3.63) is 57.4 Å². The molecule has 3 saturated carbocycles. The zero-order chi connectivity index (χ0) is 28.3. The first-order valence-electron chi connectivity index (χ1n) is 14.5. The number of aromatic nitrogens is 1. The lowest BCUT2D eigenvalue weighted by Crippen LogP contribution is -2.51. The summed E-state index contributed by atoms with van der Waals surface area (Å²) in [7, 11) is 0. The van der Waals surface area contributed by atoms with Crippen molar-refractivity contribution in [2.75, 3.05) is 13.1 Å². The molecule has 214 valence electrons. The van der Waals surface area contributed by atoms with Gasteiger partial charge in [-0.1, -0.05) is 0 Å². The second-order valence-corrected chi connectivity index (χ2v) is 12.8. The first-order chi connectivity index (χ1) is 19.0. The van der Waals surface area contributed by atoms with E-state index in [1.54, 1.807) is 13.8 Å². The van der Waals surface area contributed by atoms with Gasteiger partial charge in [-0.05, 0) is 102 Å². The maximum atomic E-state index is 15.1. The smallest absolute Gasteiger partial charge is 0.257 e. The lowest BCUT2D eigenvalue weighted by Gasteiger charge is -2.46. The zero-order valence-electron chi connectivity index (χ0n) is 23.4. The van der Waals surface area contributed by atoms with Crippen molar-refractivity contribution >= 4 is 17.6 Å². The van der Waals surface area contributed by atoms with Crippen molar-refractivity contribution < 1.29 is 18.0 Å². The van der Waals surface area contributed by atoms with E-state index in [1.165, 1.54) is 36.1 Å². The Morgan fingerprint density at radius 1 is 1.10 bits per heavy atom. The summed E-state index contributed by atoms with van der Waals surface area (Å²) in [6, 6.07) is 3.17. The number of hydrogen-bond acceptors (Lipinski definition) is 3. The highest BCUT2D eigenvalue weighted by molar-refractivity contribution is 5.95. The van der Waals surface area contributed by atoms with Crippen LogP contribution in [0.1, 0.15) is 74.7 Å². The van der Waals surface area contributed by atoms with E-state index < -0.39 is 34.7 Å². The van der Waals surface area contributed by atoms with Crippen LogP contribution in [0.15, 0.2) is 34.2 Å². The molecule has 9 heteroatoms. The van der Waals surface area contributed by atoms with Gasteiger partial charge in [0.15, 0.2) is 5.43 Å². The number of aliphatic imine (C=N–C) groups is 1. The van der Waals surface area contributed by atoms with Gasteiger partial charge in [-0.2, -0.15) is 0 Å². The van der Waals surface area contributed by atoms with E-state index in [2.05, 4.69) is 17.2 Å². The van der Waals surface area contributed by atoms with Crippen molar-refractivity contribution in [2.45, 2.75) is 77.4 Å². The quantitative estimate of drug-likeness (QED) is 0.381. The Morgan fingerprint density at radius 3 is 2.58 bits per heavy atom. The van der Waals surface area contributed by atoms with Gasteiger partial charge >= 0.3 is 0 Å². The van der Waals surface area contributed by atoms with Crippen LogP contribution in [0, 0.1) is 42.2 Å². The third kappa shape index (κ3) is 4.85. The fourth-order valence-electron chi connectivity index (χ4n) is 7.93. The van der Waals surface area contributed by atoms with Crippen LogP contribution >= 0.6 is 0 Å². The minimum atomic E-state index is -0.855. The third-order valence-electron chi connectivity index (χ3n) is 9.90. The summed E-state index contributed by atoms with van der Waals surface area (Å²) in [4.78, 5) is 33.9. The Bertz CT molecular complexity index is 1420. The molecule has 1 N–H and O–H groups in total. The molecule has 1 amide bonds. The molecule has 1 aromatic heterocycles. The summed E-state index contributed by atoms with van der Waals surface area (Å²) in [5.74, 6) is 1.45. The maximum Gasteiger partial charge on any atom is 0.257 e. The number of fused-ring (bicyclic) bond motifs is 1. The van der Waals surface area contributed by atoms with Gasteiger partial charge in [-0.25, -0.2) is 18.2 Å². The first kappa shape index (κ1) is 27.1. The fraction of sp³-hybridized carbons (Fsp3) is 0.581. The Labute approximate surface area is 232 Å². The number of rotatable bonds is 4. The van der Waals surface area contributed by atoms with Crippen LogP contribution in [-0.4, -0.2) is 46.0 Å². The summed E-state index contributed by atoms with van der Waals surface area (Å²) in [5.41, 5.74) is -0.838. The molecule has 3 aliphatic carbocycles. The van der Waals surface area contributed by atoms with Gasteiger partial charge < -0.3 is 10.2 Å². The van der Waals surface area contributed by atoms with E-state index in [-0.39, 0.29) is 22.6 Å². The largest absolute Gasteiger partial charge is 0.360 e. The number of carbonyl (C=O) groups excluding carboxylic acids is 1. The average Bonchev–Trinajstić information content (AvgIpc) is 3.15. The van der Waals surface area contributed by atoms with E-state index in [9.17, 15) is 18.4 Å². The number of hydrogen-bond donors (Lipinski definition) is 1. The van der Waals surface area contributed by atoms with E-state index >= 15 is 4.39 Å². The third-order valence-corrected chi connectivity index (χ3v) is 9.90. The minimum Gasteiger partial charge on any atom is -0.360 e. The highest BCUT2D eigenvalue weighted by atomic mass is 19.1. The van der Waals surface area contributed by atoms with E-state index in [0.29, 0.717) is 43.6 Å². The number of benzene rings is 1. The maximum absolute atomic E-state index is 15.1. The Kier molecular flexibility index (Phi) is 6.82. The number of piperidine rings is 1. The number of amides is 1. The molecule has 0 radical (unpaired) electrons. The molecule has 1 aromatic carbocycles. The minimum absolute atomic E-state index is 0.0222. The molecule has 2 bridgehead atoms. The topological polar surface area (TPSA) is 66.7 Å². The van der Waals surface area contributed by atoms with Gasteiger partial charge in [0.1, 0.15) is 35.0 Å². The summed E-state index contributed by atoms with van der Waals surface area (Å²) >= 11 is 0. The van der Waals surface area contributed by atoms with Crippen molar-refractivity contribution in [2.24, 2.45) is 28.7 Å². The number of carbonyl (C=O) groups is 1. The van der Waals surface area contributed by atoms with Crippen molar-refractivity contribution in [1.82, 2.24) is 14.8 Å². The highest BCUT2D eigenvalue weighted by Crippen LogP contribution is 2.60. The molecule has 40 heavy (non-hydrogen) atoms. The summed E-state index contributed by atoms with van der Waals surface area (Å²) in [5, 5.41) is 3.19. The predicted octanol–water partition coefficient (Wildman–Crippen LogP) is 5.85. The number of halogens is 3. The summed E-state index contributed by atoms with van der Waals surface area (Å²) in [6.45, 7) is 6.37. The van der Waals surface area contributed by atoms with Crippen LogP contribution in [-0.2, 0) is 0 Å². The molecule has 6 rings (SSSR count). The van der Waals surface area contributed by atoms with Gasteiger partial charge in [-0.3, -0.25) is 14.2 Å². The zero-order valence-corrected chi connectivity index (χ0v) is 23.4. The Hall–Kier alpha value is -3.10. The fourth-order valence-corrected chi connectivity index (χ4v) is 7.93. The van der Waals surface area contributed by atoms with E-state index in [1.807, 2.05) is 4.90 Å². The second kappa shape index (κ2) is 10.1. The van der Waals surface area contributed by atoms with Gasteiger partial charge in [0.2, 0.25) is 0 Å². The van der Waals surface area contributed by atoms with Crippen molar-refractivity contribution in [3.8, 4) is 5.69 Å². The van der Waals surface area contributed by atoms with Crippen LogP contribution < -0.4 is 10.7 Å². The monoisotopic (exact) mass is 554 g/mol. The molecule has 4 fully saturated rings. The summed E-state index contributed by atoms with van der Waals surface area (Å²) in [6.07, 6.45) is 6.68. The molecule has 1 aliphatic heterocycles. The molecular formula is C31H37F3N4O2. The van der Waals surface area contributed by atoms with Crippen LogP contribution in [0.25, 0.3) is 5.69 Å². The highest BCUT2D eigenvalue weighted by Gasteiger charge is 2.53. The lowest BCUT2D eigenvalue weighted by molar-refractivity contribution is 0.0570. The normalized spacial score (nSPS) is 30.1. The number of pyridine rings is 1. The molecule has 0 spiro atoms. The molecule has 6 nitrogen and oxygen atoms in total. The number of alkyl halides is 1. The molecule has 2 aromatic rings. The standard InChI is InChI=1S/C31H37F3N4O2/c1-17-28(39)25(30(40)36-31(3)14-19-10-20-12-21(15-31)24(20)11-19)16-38(27-5-4-23(33)13-26(27)34)29(17)35-18(2)37-8-6-22(32)7-9-37/h4-5,13,16,19-22,24H,6-12,14-15H2,1-3H3,(H,36,40)/t19-,20?,21?,24?,31+/m0/s1. The molecule has 1 saturated heterocycles. The second-order valence-electron chi connectivity index (χ2n) is 12.8. The summed E-state index contributed by atoms with van der Waals surface area (Å²) < 4.78 is 44.0. The molecule has 3 unspecified atom stereocenters. The van der Waals surface area contributed by atoms with Gasteiger partial charge in [0.25, 0.3) is 5.91 Å². The van der Waals surface area contributed by atoms with Gasteiger partial charge in [-0.15, -0.1) is 0 Å². The van der Waals surface area contributed by atoms with Crippen LogP contribution in [0.4, 0.5) is 19.0 Å². The Balaban J connectivity index is 1.38. The van der Waals surface area contributed by atoms with Gasteiger partial charge in [0.05, 0.1) is 5.69 Å². The molecule has 5 atom stereocenters. The number of nitrogens with zero attached hydrogens (tertiary/aromatic N) is 3. The van der Waals surface area contributed by atoms with Crippen LogP contribution in [0.3, 0.4) is 0 Å². The predicted molar refractivity (Wildman–Crippen MR) is 148 cm³/mol. The van der Waals surface area contributed by atoms with E-state index in [4.69, 9.17) is 0 Å². The lowest BCUT2D eigenvalue weighted by atomic mass is 9.62. The Morgan fingerprint density at radius 2 is 1.85 bits per heavy atom. The molecular weight excluding hydrogens is 517 g/mol. The van der Waals surface area contributed by atoms with Gasteiger partial charge in [0, 0.05) is 36.5 Å². The molecule has 2 heterocycles. The van der Waals surface area contributed by atoms with Crippen LogP contribution in [0.2, 0.25) is 0 Å². The number of amidine groups is 1. The SMILES string of the molecule is CC(=Nc1c(C)c(=O)c(C(=O)N[C@@]2(C)CC3CC4C[C@@H](CC43)C2)cn1-c1ccc(F)cc1F)N1CCC(F)CC1. The number of likely N-dealkylation sites (tertiary alicyclic amines) is 1. The molecule has 4 aliphatic rings. The van der Waals surface area contributed by atoms with E-state index in [0.717, 1.165) is 36.8 Å². The van der Waals surface area contributed by atoms with Crippen molar-refractivity contribution in [1.29, 1.82) is 0 Å². The van der Waals surface area contributed by atoms with Crippen LogP contribution in [0.5, 0.6) is 0 Å². The average molecular weight is 555 g/mol. The number of nitrogens with one attached hydrogen (secondary N) is 1.